The summed E-state index contributed by atoms with van der Waals surface area (Å²) in [6.07, 6.45) is 17.6. The Morgan fingerprint density at radius 2 is 1.09 bits per heavy atom. The number of nitrogens with zero attached hydrogens (tertiary/aromatic N) is 4. The minimum absolute atomic E-state index is 0. The quantitative estimate of drug-likeness (QED) is 0.477. The second-order valence-electron chi connectivity index (χ2n) is 5.34. The lowest BCUT2D eigenvalue weighted by Gasteiger charge is -1.90. The number of hydrogen-bond acceptors (Lipinski definition) is 0. The Morgan fingerprint density at radius 1 is 0.727 bits per heavy atom. The molecule has 0 N–H and O–H groups in total. The molecule has 2 aromatic rings. The van der Waals surface area contributed by atoms with Gasteiger partial charge in [0, 0.05) is 0 Å². The summed E-state index contributed by atoms with van der Waals surface area (Å²) in [7, 11) is 4.09. The maximum atomic E-state index is 2.21. The number of unbranched alkanes of at least 4 members (excludes halogenated alkanes) is 2. The zero-order chi connectivity index (χ0) is 14.8. The standard InChI is InChI=1S/2C8H15N2.2ClH/c2*1-3-4-5-10-7-6-9(2)8-10;;/h2*6-8H,3-5H2,1-2H3;2*1H/q2*+1;;/p-2. The van der Waals surface area contributed by atoms with Crippen molar-refractivity contribution in [2.75, 3.05) is 0 Å². The molecule has 0 saturated carbocycles. The van der Waals surface area contributed by atoms with Crippen LogP contribution in [0.15, 0.2) is 37.4 Å². The monoisotopic (exact) mass is 348 g/mol. The summed E-state index contributed by atoms with van der Waals surface area (Å²) in [5, 5.41) is 0. The third kappa shape index (κ3) is 9.85. The molecule has 0 aliphatic rings. The van der Waals surface area contributed by atoms with Crippen molar-refractivity contribution in [1.82, 2.24) is 9.13 Å². The molecule has 2 rings (SSSR count). The topological polar surface area (TPSA) is 17.6 Å². The molecule has 6 heteroatoms. The summed E-state index contributed by atoms with van der Waals surface area (Å²) in [4.78, 5) is 0. The molecule has 22 heavy (non-hydrogen) atoms. The highest BCUT2D eigenvalue weighted by Gasteiger charge is 1.97. The van der Waals surface area contributed by atoms with Crippen LogP contribution in [0, 0.1) is 0 Å². The number of imidazole rings is 2. The van der Waals surface area contributed by atoms with Crippen molar-refractivity contribution >= 4 is 0 Å². The number of rotatable bonds is 6. The van der Waals surface area contributed by atoms with E-state index in [0.717, 1.165) is 13.1 Å². The first-order valence-electron chi connectivity index (χ1n) is 7.67. The molecule has 0 bridgehead atoms. The van der Waals surface area contributed by atoms with E-state index in [4.69, 9.17) is 0 Å². The van der Waals surface area contributed by atoms with Crippen molar-refractivity contribution in [3.05, 3.63) is 37.4 Å². The van der Waals surface area contributed by atoms with Crippen molar-refractivity contribution in [2.24, 2.45) is 14.1 Å². The van der Waals surface area contributed by atoms with Crippen LogP contribution in [0.25, 0.3) is 0 Å². The van der Waals surface area contributed by atoms with Gasteiger partial charge >= 0.3 is 0 Å². The molecule has 0 fully saturated rings. The lowest BCUT2D eigenvalue weighted by molar-refractivity contribution is -0.671. The van der Waals surface area contributed by atoms with Crippen molar-refractivity contribution in [2.45, 2.75) is 52.6 Å². The fraction of sp³-hybridized carbons (Fsp3) is 0.625. The van der Waals surface area contributed by atoms with E-state index in [1.54, 1.807) is 0 Å². The van der Waals surface area contributed by atoms with Crippen LogP contribution in [0.4, 0.5) is 0 Å². The highest BCUT2D eigenvalue weighted by atomic mass is 35.5. The third-order valence-electron chi connectivity index (χ3n) is 3.19. The van der Waals surface area contributed by atoms with Crippen molar-refractivity contribution in [3.8, 4) is 0 Å². The third-order valence-corrected chi connectivity index (χ3v) is 3.19. The van der Waals surface area contributed by atoms with Gasteiger partial charge in [0.1, 0.15) is 24.8 Å². The fourth-order valence-electron chi connectivity index (χ4n) is 1.95. The van der Waals surface area contributed by atoms with E-state index in [0.29, 0.717) is 0 Å². The van der Waals surface area contributed by atoms with Gasteiger partial charge in [-0.3, -0.25) is 0 Å². The second-order valence-corrected chi connectivity index (χ2v) is 5.34. The van der Waals surface area contributed by atoms with Crippen LogP contribution < -0.4 is 33.9 Å². The summed E-state index contributed by atoms with van der Waals surface area (Å²) in [6, 6.07) is 0. The maximum absolute atomic E-state index is 2.21. The fourth-order valence-corrected chi connectivity index (χ4v) is 1.95. The molecule has 0 aromatic carbocycles. The molecular weight excluding hydrogens is 319 g/mol. The molecule has 0 amide bonds. The highest BCUT2D eigenvalue weighted by molar-refractivity contribution is 4.65. The van der Waals surface area contributed by atoms with Crippen molar-refractivity contribution in [1.29, 1.82) is 0 Å². The van der Waals surface area contributed by atoms with Crippen LogP contribution in [0.5, 0.6) is 0 Å². The first kappa shape index (κ1) is 23.3. The van der Waals surface area contributed by atoms with Crippen LogP contribution in [0.3, 0.4) is 0 Å². The minimum atomic E-state index is 0. The van der Waals surface area contributed by atoms with E-state index in [-0.39, 0.29) is 24.8 Å². The number of hydrogen-bond donors (Lipinski definition) is 0. The van der Waals surface area contributed by atoms with E-state index in [9.17, 15) is 0 Å². The Balaban J connectivity index is 0. The molecule has 0 aliphatic heterocycles. The predicted molar refractivity (Wildman–Crippen MR) is 81.0 cm³/mol. The summed E-state index contributed by atoms with van der Waals surface area (Å²) in [5.41, 5.74) is 0. The van der Waals surface area contributed by atoms with Gasteiger partial charge in [0.05, 0.1) is 27.2 Å². The van der Waals surface area contributed by atoms with Gasteiger partial charge in [-0.2, -0.15) is 0 Å². The van der Waals surface area contributed by atoms with Crippen LogP contribution in [0.1, 0.15) is 39.5 Å². The van der Waals surface area contributed by atoms with E-state index < -0.39 is 0 Å². The summed E-state index contributed by atoms with van der Waals surface area (Å²) < 4.78 is 8.55. The number of aromatic nitrogens is 4. The molecule has 128 valence electrons. The molecule has 0 unspecified atom stereocenters. The van der Waals surface area contributed by atoms with Crippen LogP contribution in [-0.4, -0.2) is 9.13 Å². The summed E-state index contributed by atoms with van der Waals surface area (Å²) >= 11 is 0. The molecule has 2 aromatic heterocycles. The maximum Gasteiger partial charge on any atom is 0.243 e. The largest absolute Gasteiger partial charge is 1.00 e. The Kier molecular flexibility index (Phi) is 14.4. The predicted octanol–water partition coefficient (Wildman–Crippen LogP) is -3.77. The van der Waals surface area contributed by atoms with Gasteiger partial charge in [-0.05, 0) is 12.8 Å². The van der Waals surface area contributed by atoms with E-state index in [1.165, 1.54) is 25.7 Å². The smallest absolute Gasteiger partial charge is 0.243 e. The van der Waals surface area contributed by atoms with Gasteiger partial charge in [-0.25, -0.2) is 18.3 Å². The lowest BCUT2D eigenvalue weighted by Crippen LogP contribution is -3.00. The van der Waals surface area contributed by atoms with E-state index in [2.05, 4.69) is 69.6 Å². The highest BCUT2D eigenvalue weighted by Crippen LogP contribution is 1.92. The van der Waals surface area contributed by atoms with Crippen molar-refractivity contribution < 1.29 is 33.9 Å². The molecule has 0 saturated heterocycles. The lowest BCUT2D eigenvalue weighted by atomic mass is 10.3. The Hall–Kier alpha value is -1.00. The van der Waals surface area contributed by atoms with Crippen LogP contribution >= 0.6 is 0 Å². The van der Waals surface area contributed by atoms with Gasteiger partial charge in [-0.1, -0.05) is 26.7 Å². The SMILES string of the molecule is CCCCn1cc[n+](C)c1.CCCCn1cc[n+](C)c1.[Cl-].[Cl-]. The van der Waals surface area contributed by atoms with Gasteiger partial charge in [0.25, 0.3) is 0 Å². The van der Waals surface area contributed by atoms with Crippen LogP contribution in [-0.2, 0) is 27.2 Å². The molecule has 4 nitrogen and oxygen atoms in total. The molecule has 0 atom stereocenters. The molecule has 0 radical (unpaired) electrons. The molecule has 2 heterocycles. The second kappa shape index (κ2) is 13.6. The zero-order valence-corrected chi connectivity index (χ0v) is 15.8. The van der Waals surface area contributed by atoms with Gasteiger partial charge in [0.15, 0.2) is 0 Å². The van der Waals surface area contributed by atoms with Crippen molar-refractivity contribution in [3.63, 3.8) is 0 Å². The van der Waals surface area contributed by atoms with Gasteiger partial charge in [0.2, 0.25) is 12.7 Å². The van der Waals surface area contributed by atoms with E-state index in [1.807, 2.05) is 14.1 Å². The first-order chi connectivity index (χ1) is 9.65. The van der Waals surface area contributed by atoms with Crippen LogP contribution in [0.2, 0.25) is 0 Å². The first-order valence-corrected chi connectivity index (χ1v) is 7.67. The van der Waals surface area contributed by atoms with Gasteiger partial charge < -0.3 is 24.8 Å². The molecule has 0 spiro atoms. The number of aryl methyl sites for hydroxylation is 4. The molecule has 0 aliphatic carbocycles. The summed E-state index contributed by atoms with van der Waals surface area (Å²) in [6.45, 7) is 6.72. The normalized spacial score (nSPS) is 9.27. The Bertz CT molecular complexity index is 436. The van der Waals surface area contributed by atoms with E-state index >= 15 is 0 Å². The Labute approximate surface area is 147 Å². The van der Waals surface area contributed by atoms with Gasteiger partial charge in [-0.15, -0.1) is 0 Å². The average Bonchev–Trinajstić information content (AvgIpc) is 3.03. The summed E-state index contributed by atoms with van der Waals surface area (Å²) in [5.74, 6) is 0. The Morgan fingerprint density at radius 3 is 1.32 bits per heavy atom. The average molecular weight is 349 g/mol. The number of halogens is 2. The molecular formula is C16H30Cl2N4. The zero-order valence-electron chi connectivity index (χ0n) is 14.3. The minimum Gasteiger partial charge on any atom is -1.00 e.